The Hall–Kier alpha value is -2.62. The Morgan fingerprint density at radius 3 is 2.73 bits per heavy atom. The van der Waals surface area contributed by atoms with E-state index in [1.54, 1.807) is 18.2 Å². The average Bonchev–Trinajstić information content (AvgIpc) is 2.49. The Morgan fingerprint density at radius 2 is 2.18 bits per heavy atom. The molecule has 0 atom stereocenters. The Bertz CT molecular complexity index is 625. The summed E-state index contributed by atoms with van der Waals surface area (Å²) in [5, 5.41) is 19.6. The molecule has 0 aliphatic carbocycles. The van der Waals surface area contributed by atoms with E-state index >= 15 is 0 Å². The minimum atomic E-state index is -0.436. The van der Waals surface area contributed by atoms with Crippen LogP contribution in [-0.2, 0) is 0 Å². The number of nitrogens with two attached hydrogens (primary N) is 1. The van der Waals surface area contributed by atoms with Gasteiger partial charge in [-0.05, 0) is 30.9 Å². The molecule has 0 unspecified atom stereocenters. The molecule has 1 aliphatic rings. The lowest BCUT2D eigenvalue weighted by Crippen LogP contribution is -2.33. The molecule has 0 spiro atoms. The molecular formula is C15H19FN6. The number of nitrogens with zero attached hydrogens (tertiary/aromatic N) is 3. The number of piperidine rings is 1. The predicted octanol–water partition coefficient (Wildman–Crippen LogP) is 2.29. The van der Waals surface area contributed by atoms with E-state index in [0.717, 1.165) is 25.9 Å². The number of anilines is 2. The fourth-order valence-corrected chi connectivity index (χ4v) is 2.35. The smallest absolute Gasteiger partial charge is 0.201 e. The molecular weight excluding hydrogens is 283 g/mol. The number of hydrazone groups is 1. The monoisotopic (exact) mass is 302 g/mol. The summed E-state index contributed by atoms with van der Waals surface area (Å²) in [6.45, 7) is 3.92. The third kappa shape index (κ3) is 3.73. The molecule has 7 heteroatoms. The van der Waals surface area contributed by atoms with Crippen molar-refractivity contribution < 1.29 is 4.39 Å². The summed E-state index contributed by atoms with van der Waals surface area (Å²) < 4.78 is 14.2. The summed E-state index contributed by atoms with van der Waals surface area (Å²) in [5.41, 5.74) is 8.46. The lowest BCUT2D eigenvalue weighted by atomic mass is 9.99. The van der Waals surface area contributed by atoms with Crippen molar-refractivity contribution in [2.45, 2.75) is 19.8 Å². The Kier molecular flexibility index (Phi) is 4.94. The Balaban J connectivity index is 2.10. The minimum Gasteiger partial charge on any atom is -0.382 e. The van der Waals surface area contributed by atoms with Crippen LogP contribution >= 0.6 is 0 Å². The van der Waals surface area contributed by atoms with Crippen molar-refractivity contribution in [3.05, 3.63) is 24.0 Å². The van der Waals surface area contributed by atoms with E-state index < -0.39 is 5.84 Å². The summed E-state index contributed by atoms with van der Waals surface area (Å²) in [7, 11) is 0. The molecule has 1 aliphatic heterocycles. The van der Waals surface area contributed by atoms with Crippen molar-refractivity contribution in [3.8, 4) is 6.07 Å². The number of hydrogen-bond acceptors (Lipinski definition) is 5. The van der Waals surface area contributed by atoms with Crippen LogP contribution in [0.15, 0.2) is 23.3 Å². The first-order valence-electron chi connectivity index (χ1n) is 7.14. The maximum absolute atomic E-state index is 14.2. The highest BCUT2D eigenvalue weighted by atomic mass is 19.1. The summed E-state index contributed by atoms with van der Waals surface area (Å²) in [6, 6.07) is 6.40. The average molecular weight is 302 g/mol. The van der Waals surface area contributed by atoms with Crippen molar-refractivity contribution in [1.29, 1.82) is 10.7 Å². The van der Waals surface area contributed by atoms with E-state index in [1.165, 1.54) is 6.07 Å². The molecule has 0 bridgehead atoms. The minimum absolute atomic E-state index is 0.241. The second-order valence-electron chi connectivity index (χ2n) is 5.43. The zero-order valence-corrected chi connectivity index (χ0v) is 12.4. The fourth-order valence-electron chi connectivity index (χ4n) is 2.35. The third-order valence-corrected chi connectivity index (χ3v) is 3.73. The van der Waals surface area contributed by atoms with Gasteiger partial charge in [0.15, 0.2) is 5.84 Å². The van der Waals surface area contributed by atoms with Gasteiger partial charge in [0, 0.05) is 19.2 Å². The van der Waals surface area contributed by atoms with Crippen LogP contribution in [0.25, 0.3) is 0 Å². The highest BCUT2D eigenvalue weighted by Crippen LogP contribution is 2.27. The molecule has 1 fully saturated rings. The Labute approximate surface area is 128 Å². The van der Waals surface area contributed by atoms with Gasteiger partial charge in [-0.1, -0.05) is 6.92 Å². The van der Waals surface area contributed by atoms with Gasteiger partial charge in [-0.15, -0.1) is 0 Å². The first kappa shape index (κ1) is 15.8. The quantitative estimate of drug-likeness (QED) is 0.451. The van der Waals surface area contributed by atoms with Gasteiger partial charge in [-0.2, -0.15) is 10.4 Å². The van der Waals surface area contributed by atoms with E-state index in [-0.39, 0.29) is 11.5 Å². The van der Waals surface area contributed by atoms with Crippen LogP contribution in [-0.4, -0.2) is 24.6 Å². The molecule has 1 saturated heterocycles. The van der Waals surface area contributed by atoms with Gasteiger partial charge in [0.1, 0.15) is 11.9 Å². The maximum Gasteiger partial charge on any atom is 0.201 e. The molecule has 2 rings (SSSR count). The topological polar surface area (TPSA) is 101 Å². The molecule has 1 aromatic carbocycles. The van der Waals surface area contributed by atoms with E-state index in [0.29, 0.717) is 17.3 Å². The second kappa shape index (κ2) is 6.89. The first-order chi connectivity index (χ1) is 10.5. The van der Waals surface area contributed by atoms with E-state index in [9.17, 15) is 4.39 Å². The summed E-state index contributed by atoms with van der Waals surface area (Å²) in [6.07, 6.45) is 2.13. The molecule has 0 saturated carbocycles. The molecule has 1 aromatic rings. The number of nitrogens with one attached hydrogen (secondary N) is 2. The van der Waals surface area contributed by atoms with Crippen LogP contribution in [0.1, 0.15) is 19.8 Å². The van der Waals surface area contributed by atoms with Gasteiger partial charge in [0.05, 0.1) is 11.4 Å². The van der Waals surface area contributed by atoms with Crippen LogP contribution in [0.2, 0.25) is 0 Å². The van der Waals surface area contributed by atoms with Crippen LogP contribution < -0.4 is 16.1 Å². The van der Waals surface area contributed by atoms with Gasteiger partial charge in [0.2, 0.25) is 5.71 Å². The third-order valence-electron chi connectivity index (χ3n) is 3.73. The highest BCUT2D eigenvalue weighted by molar-refractivity contribution is 6.45. The predicted molar refractivity (Wildman–Crippen MR) is 85.6 cm³/mol. The normalized spacial score (nSPS) is 16.2. The zero-order valence-electron chi connectivity index (χ0n) is 12.4. The van der Waals surface area contributed by atoms with Crippen molar-refractivity contribution in [3.63, 3.8) is 0 Å². The van der Waals surface area contributed by atoms with Gasteiger partial charge in [-0.3, -0.25) is 10.8 Å². The summed E-state index contributed by atoms with van der Waals surface area (Å²) >= 11 is 0. The number of amidine groups is 1. The maximum atomic E-state index is 14.2. The SMILES string of the molecule is CC1CCN(c2ccc(N/N=C(\C#N)C(=N)N)cc2F)CC1. The largest absolute Gasteiger partial charge is 0.382 e. The van der Waals surface area contributed by atoms with Crippen molar-refractivity contribution in [1.82, 2.24) is 0 Å². The number of nitriles is 1. The lowest BCUT2D eigenvalue weighted by molar-refractivity contribution is 0.434. The molecule has 6 nitrogen and oxygen atoms in total. The number of benzene rings is 1. The van der Waals surface area contributed by atoms with Gasteiger partial charge in [0.25, 0.3) is 0 Å². The molecule has 0 amide bonds. The van der Waals surface area contributed by atoms with Crippen LogP contribution in [0.4, 0.5) is 15.8 Å². The van der Waals surface area contributed by atoms with E-state index in [4.69, 9.17) is 16.4 Å². The van der Waals surface area contributed by atoms with Gasteiger partial charge < -0.3 is 10.6 Å². The molecule has 116 valence electrons. The zero-order chi connectivity index (χ0) is 16.1. The fraction of sp³-hybridized carbons (Fsp3) is 0.400. The van der Waals surface area contributed by atoms with Crippen molar-refractivity contribution in [2.75, 3.05) is 23.4 Å². The van der Waals surface area contributed by atoms with E-state index in [1.807, 2.05) is 4.90 Å². The molecule has 0 aromatic heterocycles. The summed E-state index contributed by atoms with van der Waals surface area (Å²) in [5.74, 6) is -0.0869. The number of halogens is 1. The molecule has 4 N–H and O–H groups in total. The standard InChI is InChI=1S/C15H19FN6/c1-10-4-6-22(7-5-10)14-3-2-11(8-12(14)16)20-21-13(9-17)15(18)19/h2-3,8,10,20H,4-7H2,1H3,(H3,18,19)/b21-13+. The summed E-state index contributed by atoms with van der Waals surface area (Å²) in [4.78, 5) is 2.04. The van der Waals surface area contributed by atoms with Crippen molar-refractivity contribution >= 4 is 22.9 Å². The van der Waals surface area contributed by atoms with Crippen molar-refractivity contribution in [2.24, 2.45) is 16.8 Å². The molecule has 1 heterocycles. The molecule has 0 radical (unpaired) electrons. The van der Waals surface area contributed by atoms with Crippen LogP contribution in [0, 0.1) is 28.5 Å². The second-order valence-corrected chi connectivity index (χ2v) is 5.43. The first-order valence-corrected chi connectivity index (χ1v) is 7.14. The lowest BCUT2D eigenvalue weighted by Gasteiger charge is -2.32. The van der Waals surface area contributed by atoms with E-state index in [2.05, 4.69) is 17.5 Å². The van der Waals surface area contributed by atoms with Crippen LogP contribution in [0.5, 0.6) is 0 Å². The molecule has 22 heavy (non-hydrogen) atoms. The Morgan fingerprint density at radius 1 is 1.50 bits per heavy atom. The van der Waals surface area contributed by atoms with Crippen LogP contribution in [0.3, 0.4) is 0 Å². The van der Waals surface area contributed by atoms with Gasteiger partial charge >= 0.3 is 0 Å². The number of hydrogen-bond donors (Lipinski definition) is 3. The highest BCUT2D eigenvalue weighted by Gasteiger charge is 2.18. The van der Waals surface area contributed by atoms with Gasteiger partial charge in [-0.25, -0.2) is 4.39 Å². The number of rotatable bonds is 4.